The lowest BCUT2D eigenvalue weighted by atomic mass is 10.5. The summed E-state index contributed by atoms with van der Waals surface area (Å²) in [6.07, 6.45) is 2.04. The molecule has 1 N–H and O–H groups in total. The lowest BCUT2D eigenvalue weighted by Gasteiger charge is -2.17. The summed E-state index contributed by atoms with van der Waals surface area (Å²) in [7, 11) is 1.72. The molecule has 0 aliphatic heterocycles. The van der Waals surface area contributed by atoms with Gasteiger partial charge >= 0.3 is 6.01 Å². The number of anilines is 1. The number of amides is 1. The number of nitrogens with one attached hydrogen (secondary N) is 1. The molecule has 1 fully saturated rings. The zero-order chi connectivity index (χ0) is 14.7. The molecule has 1 aromatic rings. The van der Waals surface area contributed by atoms with Gasteiger partial charge in [-0.1, -0.05) is 0 Å². The molecule has 1 aromatic heterocycles. The van der Waals surface area contributed by atoms with Gasteiger partial charge in [0.1, 0.15) is 0 Å². The van der Waals surface area contributed by atoms with Gasteiger partial charge in [0.2, 0.25) is 17.1 Å². The molecule has 1 aliphatic carbocycles. The summed E-state index contributed by atoms with van der Waals surface area (Å²) in [5.74, 6) is 0.254. The minimum Gasteiger partial charge on any atom is -0.461 e. The molecular weight excluding hydrogens is 282 g/mol. The van der Waals surface area contributed by atoms with Crippen molar-refractivity contribution in [2.24, 2.45) is 0 Å². The molecule has 0 saturated heterocycles. The third-order valence-corrected chi connectivity index (χ3v) is 2.75. The Labute approximate surface area is 122 Å². The van der Waals surface area contributed by atoms with Crippen molar-refractivity contribution in [1.82, 2.24) is 20.3 Å². The number of likely N-dealkylation sites (N-methyl/N-ethyl adjacent to an activating group) is 1. The Morgan fingerprint density at radius 2 is 2.15 bits per heavy atom. The monoisotopic (exact) mass is 299 g/mol. The van der Waals surface area contributed by atoms with Crippen molar-refractivity contribution >= 4 is 23.5 Å². The van der Waals surface area contributed by atoms with E-state index in [1.165, 1.54) is 0 Å². The minimum absolute atomic E-state index is 0.0418. The fraction of sp³-hybridized carbons (Fsp3) is 0.667. The van der Waals surface area contributed by atoms with Crippen molar-refractivity contribution in [1.29, 1.82) is 0 Å². The normalized spacial score (nSPS) is 14.2. The van der Waals surface area contributed by atoms with E-state index in [1.54, 1.807) is 11.9 Å². The summed E-state index contributed by atoms with van der Waals surface area (Å²) in [5, 5.41) is 2.94. The predicted molar refractivity (Wildman–Crippen MR) is 75.0 cm³/mol. The van der Waals surface area contributed by atoms with Crippen LogP contribution in [0.5, 0.6) is 6.01 Å². The molecule has 0 aromatic carbocycles. The second kappa shape index (κ2) is 6.21. The molecule has 7 nitrogen and oxygen atoms in total. The Kier molecular flexibility index (Phi) is 4.59. The molecule has 110 valence electrons. The van der Waals surface area contributed by atoms with Crippen molar-refractivity contribution < 1.29 is 9.53 Å². The van der Waals surface area contributed by atoms with Crippen LogP contribution in [0.2, 0.25) is 5.28 Å². The van der Waals surface area contributed by atoms with Crippen molar-refractivity contribution in [2.45, 2.75) is 38.8 Å². The highest BCUT2D eigenvalue weighted by molar-refractivity contribution is 6.28. The van der Waals surface area contributed by atoms with Crippen LogP contribution in [0.1, 0.15) is 26.7 Å². The molecule has 20 heavy (non-hydrogen) atoms. The van der Waals surface area contributed by atoms with Gasteiger partial charge in [-0.25, -0.2) is 0 Å². The molecule has 1 saturated carbocycles. The number of rotatable bonds is 6. The predicted octanol–water partition coefficient (Wildman–Crippen LogP) is 1.03. The van der Waals surface area contributed by atoms with Gasteiger partial charge in [0.25, 0.3) is 0 Å². The van der Waals surface area contributed by atoms with E-state index in [9.17, 15) is 4.79 Å². The summed E-state index contributed by atoms with van der Waals surface area (Å²) in [5.41, 5.74) is 0. The largest absolute Gasteiger partial charge is 0.461 e. The van der Waals surface area contributed by atoms with Crippen LogP contribution in [0.4, 0.5) is 5.95 Å². The lowest BCUT2D eigenvalue weighted by molar-refractivity contribution is -0.119. The van der Waals surface area contributed by atoms with Crippen LogP contribution in [0.15, 0.2) is 0 Å². The third kappa shape index (κ3) is 4.48. The quantitative estimate of drug-likeness (QED) is 0.845. The number of nitrogens with zero attached hydrogens (tertiary/aromatic N) is 4. The molecule has 0 radical (unpaired) electrons. The minimum atomic E-state index is -0.0650. The highest BCUT2D eigenvalue weighted by atomic mass is 35.5. The smallest absolute Gasteiger partial charge is 0.322 e. The average molecular weight is 300 g/mol. The van der Waals surface area contributed by atoms with Crippen LogP contribution in [0.3, 0.4) is 0 Å². The molecule has 0 atom stereocenters. The lowest BCUT2D eigenvalue weighted by Crippen LogP contribution is -2.37. The summed E-state index contributed by atoms with van der Waals surface area (Å²) in [6, 6.07) is 0.488. The first kappa shape index (κ1) is 14.8. The van der Waals surface area contributed by atoms with E-state index in [4.69, 9.17) is 16.3 Å². The van der Waals surface area contributed by atoms with Gasteiger partial charge in [-0.05, 0) is 38.3 Å². The Hall–Kier alpha value is -1.63. The maximum Gasteiger partial charge on any atom is 0.322 e. The molecule has 0 spiro atoms. The molecule has 1 aliphatic rings. The van der Waals surface area contributed by atoms with Crippen LogP contribution >= 0.6 is 11.6 Å². The van der Waals surface area contributed by atoms with Crippen LogP contribution in [-0.2, 0) is 4.79 Å². The molecule has 8 heteroatoms. The average Bonchev–Trinajstić information content (AvgIpc) is 3.10. The second-order valence-electron chi connectivity index (χ2n) is 5.05. The van der Waals surface area contributed by atoms with Crippen molar-refractivity contribution in [2.75, 3.05) is 18.5 Å². The molecule has 1 amide bonds. The highest BCUT2D eigenvalue weighted by Crippen LogP contribution is 2.19. The fourth-order valence-corrected chi connectivity index (χ4v) is 1.69. The summed E-state index contributed by atoms with van der Waals surface area (Å²) >= 11 is 5.84. The number of carbonyl (C=O) groups excluding carboxylic acids is 1. The van der Waals surface area contributed by atoms with Crippen molar-refractivity contribution in [3.05, 3.63) is 5.28 Å². The van der Waals surface area contributed by atoms with E-state index in [-0.39, 0.29) is 29.8 Å². The van der Waals surface area contributed by atoms with Gasteiger partial charge in [-0.3, -0.25) is 4.79 Å². The Balaban J connectivity index is 2.01. The molecule has 2 rings (SSSR count). The summed E-state index contributed by atoms with van der Waals surface area (Å²) < 4.78 is 5.39. The third-order valence-electron chi connectivity index (χ3n) is 2.58. The number of halogens is 1. The van der Waals surface area contributed by atoms with E-state index in [1.807, 2.05) is 13.8 Å². The maximum atomic E-state index is 11.7. The van der Waals surface area contributed by atoms with Gasteiger partial charge in [-0.15, -0.1) is 0 Å². The van der Waals surface area contributed by atoms with Crippen LogP contribution < -0.4 is 15.0 Å². The van der Waals surface area contributed by atoms with E-state index >= 15 is 0 Å². The number of aromatic nitrogens is 3. The topological polar surface area (TPSA) is 80.2 Å². The number of hydrogen-bond donors (Lipinski definition) is 1. The first-order chi connectivity index (χ1) is 9.44. The second-order valence-corrected chi connectivity index (χ2v) is 5.39. The number of carbonyl (C=O) groups is 1. The van der Waals surface area contributed by atoms with Crippen molar-refractivity contribution in [3.8, 4) is 6.01 Å². The molecular formula is C12H18ClN5O2. The Bertz CT molecular complexity index is 493. The summed E-state index contributed by atoms with van der Waals surface area (Å²) in [6.45, 7) is 3.90. The van der Waals surface area contributed by atoms with Crippen LogP contribution in [0.25, 0.3) is 0 Å². The van der Waals surface area contributed by atoms with Gasteiger partial charge in [0.15, 0.2) is 0 Å². The van der Waals surface area contributed by atoms with E-state index in [2.05, 4.69) is 20.3 Å². The number of hydrogen-bond acceptors (Lipinski definition) is 6. The van der Waals surface area contributed by atoms with E-state index < -0.39 is 0 Å². The maximum absolute atomic E-state index is 11.7. The first-order valence-electron chi connectivity index (χ1n) is 6.53. The highest BCUT2D eigenvalue weighted by Gasteiger charge is 2.24. The van der Waals surface area contributed by atoms with Gasteiger partial charge in [-0.2, -0.15) is 15.0 Å². The Morgan fingerprint density at radius 1 is 1.45 bits per heavy atom. The molecule has 0 unspecified atom stereocenters. The molecule has 0 bridgehead atoms. The van der Waals surface area contributed by atoms with Crippen LogP contribution in [0, 0.1) is 0 Å². The first-order valence-corrected chi connectivity index (χ1v) is 6.90. The van der Waals surface area contributed by atoms with E-state index in [0.29, 0.717) is 12.0 Å². The van der Waals surface area contributed by atoms with E-state index in [0.717, 1.165) is 12.8 Å². The molecule has 1 heterocycles. The number of ether oxygens (including phenoxy) is 1. The fourth-order valence-electron chi connectivity index (χ4n) is 1.54. The Morgan fingerprint density at radius 3 is 2.75 bits per heavy atom. The van der Waals surface area contributed by atoms with Gasteiger partial charge < -0.3 is 15.0 Å². The van der Waals surface area contributed by atoms with Crippen molar-refractivity contribution in [3.63, 3.8) is 0 Å². The van der Waals surface area contributed by atoms with Gasteiger partial charge in [0, 0.05) is 13.1 Å². The SMILES string of the molecule is CC(C)Oc1nc(Cl)nc(N(C)CC(=O)NC2CC2)n1. The standard InChI is InChI=1S/C12H18ClN5O2/c1-7(2)20-12-16-10(13)15-11(17-12)18(3)6-9(19)14-8-4-5-8/h7-8H,4-6H2,1-3H3,(H,14,19). The van der Waals surface area contributed by atoms with Gasteiger partial charge in [0.05, 0.1) is 12.6 Å². The van der Waals surface area contributed by atoms with Crippen LogP contribution in [-0.4, -0.2) is 46.6 Å². The zero-order valence-electron chi connectivity index (χ0n) is 11.8. The summed E-state index contributed by atoms with van der Waals surface area (Å²) in [4.78, 5) is 25.4. The zero-order valence-corrected chi connectivity index (χ0v) is 12.5.